The van der Waals surface area contributed by atoms with Gasteiger partial charge in [0.2, 0.25) is 0 Å². The second kappa shape index (κ2) is 43.1. The van der Waals surface area contributed by atoms with Gasteiger partial charge in [-0.05, 0) is 0 Å². The smallest absolute Gasteiger partial charge is 0.356 e. The first-order valence-electron chi connectivity index (χ1n) is 3.29. The van der Waals surface area contributed by atoms with Crippen LogP contribution in [-0.4, -0.2) is 57.8 Å². The topological polar surface area (TPSA) is 397 Å². The zero-order valence-electron chi connectivity index (χ0n) is 11.0. The quantitative estimate of drug-likeness (QED) is 0.155. The van der Waals surface area contributed by atoms with E-state index in [0.29, 0.717) is 0 Å². The zero-order valence-corrected chi connectivity index (χ0v) is 17.4. The summed E-state index contributed by atoms with van der Waals surface area (Å²) in [7, 11) is 0. The van der Waals surface area contributed by atoms with Gasteiger partial charge >= 0.3 is 53.5 Å². The molecular weight excluding hydrogens is 670 g/mol. The molecule has 0 spiro atoms. The summed E-state index contributed by atoms with van der Waals surface area (Å²) in [4.78, 5) is 49.5. The molecule has 0 aliphatic heterocycles. The Morgan fingerprint density at radius 1 is 0.308 bits per heavy atom. The molecule has 2 radical (unpaired) electrons. The van der Waals surface area contributed by atoms with Gasteiger partial charge in [0.25, 0.3) is 0 Å². The van der Waals surface area contributed by atoms with Gasteiger partial charge in [0.15, 0.2) is 0 Å². The van der Waals surface area contributed by atoms with Crippen molar-refractivity contribution in [2.75, 3.05) is 0 Å². The van der Waals surface area contributed by atoms with Crippen molar-refractivity contribution in [2.45, 2.75) is 0 Å². The molecule has 0 saturated heterocycles. The van der Waals surface area contributed by atoms with Crippen LogP contribution in [0.2, 0.25) is 0 Å². The van der Waals surface area contributed by atoms with E-state index < -0.39 is 30.5 Å². The average Bonchev–Trinajstić information content (AvgIpc) is 2.08. The van der Waals surface area contributed by atoms with Gasteiger partial charge in [-0.2, -0.15) is 0 Å². The summed E-state index contributed by atoms with van der Waals surface area (Å²) in [6.45, 7) is 0. The van der Waals surface area contributed by atoms with Crippen LogP contribution in [0.15, 0.2) is 0 Å². The molecule has 0 aliphatic rings. The Kier molecular flexibility index (Phi) is 82.1. The van der Waals surface area contributed by atoms with E-state index in [1.54, 1.807) is 0 Å². The maximum Gasteiger partial charge on any atom is 4.00 e. The summed E-state index contributed by atoms with van der Waals surface area (Å²) in [5.41, 5.74) is 0. The van der Waals surface area contributed by atoms with Crippen molar-refractivity contribution in [3.8, 4) is 0 Å². The van der Waals surface area contributed by atoms with Gasteiger partial charge in [0.1, 0.15) is 0 Å². The van der Waals surface area contributed by atoms with Crippen LogP contribution in [0.1, 0.15) is 0 Å². The van der Waals surface area contributed by atoms with Gasteiger partial charge in [-0.3, -0.25) is 0 Å². The van der Waals surface area contributed by atoms with Crippen molar-refractivity contribution < 1.29 is 56.7 Å². The van der Waals surface area contributed by atoms with Crippen LogP contribution in [-0.2, 0) is 26.2 Å². The van der Waals surface area contributed by atoms with Crippen molar-refractivity contribution in [2.24, 2.45) is 0 Å². The summed E-state index contributed by atoms with van der Waals surface area (Å²) in [6.07, 6.45) is 0. The maximum atomic E-state index is 8.25. The molecule has 0 unspecified atom stereocenters. The van der Waals surface area contributed by atoms with Crippen LogP contribution >= 0.6 is 0 Å². The number of nitrogens with zero attached hydrogens (tertiary/aromatic N) is 6. The second-order valence-corrected chi connectivity index (χ2v) is 1.34. The molecule has 0 heterocycles. The third-order valence-corrected chi connectivity index (χ3v) is 0. The summed E-state index contributed by atoms with van der Waals surface area (Å²) in [5.74, 6) is 0. The predicted molar refractivity (Wildman–Crippen MR) is 67.9 cm³/mol. The molecule has 0 fully saturated rings. The van der Waals surface area contributed by atoms with Crippen molar-refractivity contribution in [3.05, 3.63) is 91.9 Å². The number of hydrogen-bond acceptors (Lipinski definition) is 18. The Labute approximate surface area is 175 Å². The Bertz CT molecular complexity index is 263. The molecular formula is N6O18PbZr. The van der Waals surface area contributed by atoms with Crippen LogP contribution in [0.5, 0.6) is 0 Å². The molecule has 24 nitrogen and oxygen atoms in total. The zero-order chi connectivity index (χ0) is 21.5. The molecule has 26 heteroatoms. The van der Waals surface area contributed by atoms with Gasteiger partial charge in [-0.15, -0.1) is 0 Å². The van der Waals surface area contributed by atoms with E-state index in [9.17, 15) is 0 Å². The van der Waals surface area contributed by atoms with E-state index in [1.165, 1.54) is 0 Å². The van der Waals surface area contributed by atoms with E-state index in [2.05, 4.69) is 0 Å². The van der Waals surface area contributed by atoms with Crippen molar-refractivity contribution in [1.29, 1.82) is 0 Å². The minimum Gasteiger partial charge on any atom is -0.356 e. The third kappa shape index (κ3) is 937. The first kappa shape index (κ1) is 49.5. The Hall–Kier alpha value is -2.99. The van der Waals surface area contributed by atoms with Crippen LogP contribution in [0, 0.1) is 91.9 Å². The molecule has 0 saturated carbocycles. The van der Waals surface area contributed by atoms with Crippen LogP contribution in [0.4, 0.5) is 0 Å². The molecule has 0 aromatic heterocycles. The monoisotopic (exact) mass is 670 g/mol. The number of hydrogen-bond donors (Lipinski definition) is 0. The fraction of sp³-hybridized carbons (Fsp3) is 0. The molecule has 0 bridgehead atoms. The molecule has 0 aliphatic carbocycles. The molecule has 0 amide bonds. The Morgan fingerprint density at radius 3 is 0.308 bits per heavy atom. The molecule has 0 atom stereocenters. The van der Waals surface area contributed by atoms with Crippen molar-refractivity contribution in [3.63, 3.8) is 0 Å². The Balaban J connectivity index is -0.0000000245. The summed E-state index contributed by atoms with van der Waals surface area (Å²) in [6, 6.07) is 0. The van der Waals surface area contributed by atoms with E-state index in [1.807, 2.05) is 0 Å². The fourth-order valence-corrected chi connectivity index (χ4v) is 0. The minimum absolute atomic E-state index is 0. The van der Waals surface area contributed by atoms with E-state index in [0.717, 1.165) is 0 Å². The van der Waals surface area contributed by atoms with Crippen LogP contribution in [0.25, 0.3) is 0 Å². The van der Waals surface area contributed by atoms with Gasteiger partial charge < -0.3 is 91.9 Å². The Morgan fingerprint density at radius 2 is 0.308 bits per heavy atom. The SMILES string of the molecule is O=[N+]([O-])[O-].O=[N+]([O-])[O-].O=[N+]([O-])[O-].O=[N+]([O-])[O-].O=[N+]([O-])[O-].O=[N+]([O-])[O-].[Pb+2].[Zr+4]. The molecule has 0 N–H and O–H groups in total. The molecule has 0 aromatic rings. The summed E-state index contributed by atoms with van der Waals surface area (Å²) in [5, 5.41) is 88.5. The molecule has 146 valence electrons. The van der Waals surface area contributed by atoms with Gasteiger partial charge in [0.05, 0.1) is 30.5 Å². The van der Waals surface area contributed by atoms with Gasteiger partial charge in [-0.25, -0.2) is 0 Å². The third-order valence-electron chi connectivity index (χ3n) is 0. The molecule has 0 aromatic carbocycles. The largest absolute Gasteiger partial charge is 4.00 e. The number of rotatable bonds is 0. The normalized spacial score (nSPS) is 5.54. The van der Waals surface area contributed by atoms with Gasteiger partial charge in [-0.1, -0.05) is 0 Å². The van der Waals surface area contributed by atoms with E-state index in [-0.39, 0.29) is 53.5 Å². The first-order valence-corrected chi connectivity index (χ1v) is 3.29. The predicted octanol–water partition coefficient (Wildman–Crippen LogP) is -1.82. The average molecular weight is 670 g/mol. The van der Waals surface area contributed by atoms with Gasteiger partial charge in [0, 0.05) is 0 Å². The summed E-state index contributed by atoms with van der Waals surface area (Å²) < 4.78 is 0. The molecule has 26 heavy (non-hydrogen) atoms. The summed E-state index contributed by atoms with van der Waals surface area (Å²) >= 11 is 0. The van der Waals surface area contributed by atoms with Crippen LogP contribution < -0.4 is 0 Å². The van der Waals surface area contributed by atoms with Crippen molar-refractivity contribution >= 4 is 27.3 Å². The first-order chi connectivity index (χ1) is 10.4. The minimum atomic E-state index is -1.75. The standard InChI is InChI=1S/6NO3.Pb.Zr/c6*2-1(3)4;;/q6*-1;+2;+4. The van der Waals surface area contributed by atoms with E-state index in [4.69, 9.17) is 91.9 Å². The van der Waals surface area contributed by atoms with Crippen LogP contribution in [0.3, 0.4) is 0 Å². The second-order valence-electron chi connectivity index (χ2n) is 1.34. The van der Waals surface area contributed by atoms with Crippen molar-refractivity contribution in [1.82, 2.24) is 0 Å². The van der Waals surface area contributed by atoms with E-state index >= 15 is 0 Å². The molecule has 0 rings (SSSR count). The fourth-order valence-electron chi connectivity index (χ4n) is 0. The maximum absolute atomic E-state index is 8.25.